The van der Waals surface area contributed by atoms with Gasteiger partial charge >= 0.3 is 5.97 Å². The molecule has 2 aliphatic rings. The average molecular weight is 389 g/mol. The van der Waals surface area contributed by atoms with Gasteiger partial charge in [0, 0.05) is 24.5 Å². The molecular weight excluding hydrogens is 358 g/mol. The second-order valence-electron chi connectivity index (χ2n) is 7.37. The number of carbonyl (C=O) groups is 2. The predicted molar refractivity (Wildman–Crippen MR) is 108 cm³/mol. The Morgan fingerprint density at radius 2 is 1.79 bits per heavy atom. The lowest BCUT2D eigenvalue weighted by Gasteiger charge is -2.34. The first-order valence-electron chi connectivity index (χ1n) is 10.2. The molecule has 0 radical (unpaired) electrons. The molecule has 0 bridgehead atoms. The van der Waals surface area contributed by atoms with Crippen molar-refractivity contribution < 1.29 is 19.1 Å². The molecule has 28 heavy (non-hydrogen) atoms. The van der Waals surface area contributed by atoms with Gasteiger partial charge in [-0.1, -0.05) is 0 Å². The number of nitrogens with zero attached hydrogens (tertiary/aromatic N) is 2. The molecule has 7 nitrogen and oxygen atoms in total. The zero-order chi connectivity index (χ0) is 19.9. The zero-order valence-electron chi connectivity index (χ0n) is 16.9. The minimum atomic E-state index is -0.234. The third-order valence-corrected chi connectivity index (χ3v) is 5.59. The van der Waals surface area contributed by atoms with Crippen molar-refractivity contribution in [2.24, 2.45) is 5.92 Å². The molecule has 0 aliphatic carbocycles. The van der Waals surface area contributed by atoms with E-state index >= 15 is 0 Å². The van der Waals surface area contributed by atoms with Crippen LogP contribution in [0.4, 0.5) is 11.4 Å². The van der Waals surface area contributed by atoms with Crippen molar-refractivity contribution >= 4 is 23.3 Å². The number of nitrogens with one attached hydrogen (secondary N) is 1. The van der Waals surface area contributed by atoms with Crippen molar-refractivity contribution in [2.75, 3.05) is 56.2 Å². The van der Waals surface area contributed by atoms with Crippen molar-refractivity contribution in [3.63, 3.8) is 0 Å². The van der Waals surface area contributed by atoms with E-state index in [1.807, 2.05) is 38.1 Å². The van der Waals surface area contributed by atoms with E-state index in [1.165, 1.54) is 0 Å². The highest BCUT2D eigenvalue weighted by atomic mass is 16.5. The molecule has 0 spiro atoms. The number of anilines is 2. The molecule has 2 fully saturated rings. The summed E-state index contributed by atoms with van der Waals surface area (Å²) in [7, 11) is 0. The Morgan fingerprint density at radius 1 is 1.14 bits per heavy atom. The third-order valence-electron chi connectivity index (χ3n) is 5.59. The van der Waals surface area contributed by atoms with Gasteiger partial charge < -0.3 is 19.7 Å². The van der Waals surface area contributed by atoms with E-state index < -0.39 is 0 Å². The van der Waals surface area contributed by atoms with Crippen LogP contribution in [-0.2, 0) is 19.1 Å². The summed E-state index contributed by atoms with van der Waals surface area (Å²) in [5.74, 6) is -0.174. The molecule has 0 saturated carbocycles. The van der Waals surface area contributed by atoms with Crippen LogP contribution in [0, 0.1) is 5.92 Å². The van der Waals surface area contributed by atoms with E-state index in [1.54, 1.807) is 0 Å². The minimum Gasteiger partial charge on any atom is -0.466 e. The highest BCUT2D eigenvalue weighted by Crippen LogP contribution is 2.22. The SMILES string of the molecule is CCOC(=O)C1CCN([C@@H](C)C(=O)Nc2ccc(N3CCOCC3)cc2)CC1. The maximum atomic E-state index is 12.6. The largest absolute Gasteiger partial charge is 0.466 e. The average Bonchev–Trinajstić information content (AvgIpc) is 2.74. The topological polar surface area (TPSA) is 71.1 Å². The molecule has 1 aromatic carbocycles. The van der Waals surface area contributed by atoms with Gasteiger partial charge in [0.05, 0.1) is 31.8 Å². The quantitative estimate of drug-likeness (QED) is 0.752. The molecule has 1 amide bonds. The number of likely N-dealkylation sites (tertiary alicyclic amines) is 1. The van der Waals surface area contributed by atoms with Crippen LogP contribution in [0.2, 0.25) is 0 Å². The van der Waals surface area contributed by atoms with E-state index in [4.69, 9.17) is 9.47 Å². The zero-order valence-corrected chi connectivity index (χ0v) is 16.9. The fourth-order valence-electron chi connectivity index (χ4n) is 3.77. The summed E-state index contributed by atoms with van der Waals surface area (Å²) < 4.78 is 10.5. The lowest BCUT2D eigenvalue weighted by molar-refractivity contribution is -0.149. The van der Waals surface area contributed by atoms with Crippen LogP contribution < -0.4 is 10.2 Å². The van der Waals surface area contributed by atoms with Crippen molar-refractivity contribution in [1.29, 1.82) is 0 Å². The van der Waals surface area contributed by atoms with Gasteiger partial charge in [-0.05, 0) is 64.0 Å². The molecule has 2 heterocycles. The van der Waals surface area contributed by atoms with Gasteiger partial charge in [-0.25, -0.2) is 0 Å². The highest BCUT2D eigenvalue weighted by molar-refractivity contribution is 5.94. The summed E-state index contributed by atoms with van der Waals surface area (Å²) in [5.41, 5.74) is 1.95. The monoisotopic (exact) mass is 389 g/mol. The molecule has 1 N–H and O–H groups in total. The standard InChI is InChI=1S/C21H31N3O4/c1-3-28-21(26)17-8-10-23(11-9-17)16(2)20(25)22-18-4-6-19(7-5-18)24-12-14-27-15-13-24/h4-7,16-17H,3,8-15H2,1-2H3,(H,22,25)/t16-/m0/s1. The summed E-state index contributed by atoms with van der Waals surface area (Å²) in [6.45, 7) is 8.92. The second kappa shape index (κ2) is 9.89. The van der Waals surface area contributed by atoms with Crippen LogP contribution >= 0.6 is 0 Å². The van der Waals surface area contributed by atoms with Gasteiger partial charge in [-0.2, -0.15) is 0 Å². The smallest absolute Gasteiger partial charge is 0.309 e. The maximum Gasteiger partial charge on any atom is 0.309 e. The van der Waals surface area contributed by atoms with Gasteiger partial charge in [0.1, 0.15) is 0 Å². The van der Waals surface area contributed by atoms with Gasteiger partial charge in [0.25, 0.3) is 0 Å². The van der Waals surface area contributed by atoms with Crippen molar-refractivity contribution in [2.45, 2.75) is 32.7 Å². The summed E-state index contributed by atoms with van der Waals surface area (Å²) in [6, 6.07) is 7.74. The first kappa shape index (κ1) is 20.6. The fraction of sp³-hybridized carbons (Fsp3) is 0.619. The number of carbonyl (C=O) groups excluding carboxylic acids is 2. The Kier molecular flexibility index (Phi) is 7.28. The summed E-state index contributed by atoms with van der Waals surface area (Å²) in [5, 5.41) is 3.01. The predicted octanol–water partition coefficient (Wildman–Crippen LogP) is 2.13. The lowest BCUT2D eigenvalue weighted by atomic mass is 9.96. The lowest BCUT2D eigenvalue weighted by Crippen LogP contribution is -2.47. The molecule has 1 aromatic rings. The Labute approximate surface area is 167 Å². The number of hydrogen-bond donors (Lipinski definition) is 1. The van der Waals surface area contributed by atoms with Crippen LogP contribution in [0.5, 0.6) is 0 Å². The molecular formula is C21H31N3O4. The number of benzene rings is 1. The first-order chi connectivity index (χ1) is 13.6. The third kappa shape index (κ3) is 5.23. The number of rotatable bonds is 6. The van der Waals surface area contributed by atoms with E-state index in [0.29, 0.717) is 6.61 Å². The highest BCUT2D eigenvalue weighted by Gasteiger charge is 2.30. The molecule has 2 aliphatic heterocycles. The molecule has 7 heteroatoms. The molecule has 2 saturated heterocycles. The van der Waals surface area contributed by atoms with Crippen LogP contribution in [-0.4, -0.2) is 68.8 Å². The maximum absolute atomic E-state index is 12.6. The van der Waals surface area contributed by atoms with E-state index in [-0.39, 0.29) is 23.8 Å². The Hall–Kier alpha value is -2.12. The number of morpholine rings is 1. The normalized spacial score (nSPS) is 19.9. The molecule has 1 atom stereocenters. The molecule has 3 rings (SSSR count). The molecule has 0 unspecified atom stereocenters. The van der Waals surface area contributed by atoms with Crippen molar-refractivity contribution in [3.8, 4) is 0 Å². The van der Waals surface area contributed by atoms with Gasteiger partial charge in [0.2, 0.25) is 5.91 Å². The van der Waals surface area contributed by atoms with E-state index in [2.05, 4.69) is 15.1 Å². The molecule has 0 aromatic heterocycles. The number of esters is 1. The van der Waals surface area contributed by atoms with E-state index in [9.17, 15) is 9.59 Å². The van der Waals surface area contributed by atoms with E-state index in [0.717, 1.165) is 63.6 Å². The first-order valence-corrected chi connectivity index (χ1v) is 10.2. The number of piperidine rings is 1. The van der Waals surface area contributed by atoms with Crippen molar-refractivity contribution in [3.05, 3.63) is 24.3 Å². The summed E-state index contributed by atoms with van der Waals surface area (Å²) >= 11 is 0. The van der Waals surface area contributed by atoms with Crippen molar-refractivity contribution in [1.82, 2.24) is 4.90 Å². The summed E-state index contributed by atoms with van der Waals surface area (Å²) in [6.07, 6.45) is 1.48. The molecule has 154 valence electrons. The number of amides is 1. The fourth-order valence-corrected chi connectivity index (χ4v) is 3.77. The van der Waals surface area contributed by atoms with Crippen LogP contribution in [0.3, 0.4) is 0 Å². The van der Waals surface area contributed by atoms with Crippen LogP contribution in [0.1, 0.15) is 26.7 Å². The van der Waals surface area contributed by atoms with Gasteiger partial charge in [-0.15, -0.1) is 0 Å². The number of hydrogen-bond acceptors (Lipinski definition) is 6. The Bertz CT molecular complexity index is 650. The van der Waals surface area contributed by atoms with Gasteiger partial charge in [0.15, 0.2) is 0 Å². The van der Waals surface area contributed by atoms with Gasteiger partial charge in [-0.3, -0.25) is 14.5 Å². The van der Waals surface area contributed by atoms with Crippen LogP contribution in [0.15, 0.2) is 24.3 Å². The minimum absolute atomic E-state index is 0.0197. The second-order valence-corrected chi connectivity index (χ2v) is 7.37. The van der Waals surface area contributed by atoms with Crippen LogP contribution in [0.25, 0.3) is 0 Å². The Balaban J connectivity index is 1.48. The number of ether oxygens (including phenoxy) is 2. The Morgan fingerprint density at radius 3 is 2.39 bits per heavy atom. The summed E-state index contributed by atoms with van der Waals surface area (Å²) in [4.78, 5) is 28.9.